The molecule has 0 aliphatic carbocycles. The second-order valence-electron chi connectivity index (χ2n) is 12.8. The fraction of sp³-hybridized carbons (Fsp3) is 0. The zero-order chi connectivity index (χ0) is 33.5. The molecule has 7 aromatic carbocycles. The summed E-state index contributed by atoms with van der Waals surface area (Å²) < 4.78 is 7.54. The Morgan fingerprint density at radius 2 is 0.961 bits per heavy atom. The van der Waals surface area contributed by atoms with Gasteiger partial charge in [-0.3, -0.25) is 0 Å². The highest BCUT2D eigenvalue weighted by Gasteiger charge is 2.23. The number of para-hydroxylation sites is 1. The van der Waals surface area contributed by atoms with Crippen LogP contribution in [0.3, 0.4) is 0 Å². The molecule has 0 saturated carbocycles. The fourth-order valence-electron chi connectivity index (χ4n) is 7.62. The molecule has 0 bridgehead atoms. The van der Waals surface area contributed by atoms with Crippen LogP contribution < -0.4 is 0 Å². The van der Waals surface area contributed by atoms with E-state index in [4.69, 9.17) is 15.0 Å². The Bertz CT molecular complexity index is 3080. The molecule has 0 N–H and O–H groups in total. The lowest BCUT2D eigenvalue weighted by Crippen LogP contribution is -2.01. The van der Waals surface area contributed by atoms with Gasteiger partial charge in [-0.15, -0.1) is 22.7 Å². The molecular weight excluding hydrogens is 661 g/mol. The largest absolute Gasteiger partial charge is 0.307 e. The Labute approximate surface area is 300 Å². The molecule has 238 valence electrons. The maximum absolute atomic E-state index is 5.17. The van der Waals surface area contributed by atoms with Gasteiger partial charge in [-0.2, -0.15) is 0 Å². The van der Waals surface area contributed by atoms with Gasteiger partial charge in [0.05, 0.1) is 21.4 Å². The van der Waals surface area contributed by atoms with Crippen LogP contribution in [0.4, 0.5) is 0 Å². The summed E-state index contributed by atoms with van der Waals surface area (Å²) >= 11 is 3.70. The fourth-order valence-corrected chi connectivity index (χ4v) is 9.96. The van der Waals surface area contributed by atoms with Gasteiger partial charge in [0.2, 0.25) is 0 Å². The van der Waals surface area contributed by atoms with Crippen molar-refractivity contribution in [2.45, 2.75) is 0 Å². The Morgan fingerprint density at radius 1 is 0.392 bits per heavy atom. The number of fused-ring (bicyclic) bond motifs is 10. The van der Waals surface area contributed by atoms with Crippen molar-refractivity contribution < 1.29 is 0 Å². The summed E-state index contributed by atoms with van der Waals surface area (Å²) in [5, 5.41) is 7.47. The Balaban J connectivity index is 1.26. The first-order valence-corrected chi connectivity index (χ1v) is 18.6. The number of benzene rings is 7. The van der Waals surface area contributed by atoms with E-state index in [9.17, 15) is 0 Å². The average Bonchev–Trinajstić information content (AvgIpc) is 3.88. The molecule has 0 fully saturated rings. The highest BCUT2D eigenvalue weighted by molar-refractivity contribution is 7.26. The summed E-state index contributed by atoms with van der Waals surface area (Å²) in [7, 11) is 0. The van der Waals surface area contributed by atoms with Crippen molar-refractivity contribution in [2.75, 3.05) is 0 Å². The monoisotopic (exact) mass is 686 g/mol. The summed E-state index contributed by atoms with van der Waals surface area (Å²) in [4.78, 5) is 15.3. The zero-order valence-electron chi connectivity index (χ0n) is 27.1. The molecule has 0 atom stereocenters. The first kappa shape index (κ1) is 28.6. The first-order chi connectivity index (χ1) is 25.3. The summed E-state index contributed by atoms with van der Waals surface area (Å²) in [6, 6.07) is 55.8. The van der Waals surface area contributed by atoms with Crippen molar-refractivity contribution in [1.82, 2.24) is 19.5 Å². The van der Waals surface area contributed by atoms with Crippen molar-refractivity contribution in [2.24, 2.45) is 0 Å². The molecule has 0 amide bonds. The van der Waals surface area contributed by atoms with Crippen LogP contribution in [0.25, 0.3) is 102 Å². The third-order valence-electron chi connectivity index (χ3n) is 9.86. The van der Waals surface area contributed by atoms with E-state index in [-0.39, 0.29) is 0 Å². The van der Waals surface area contributed by atoms with E-state index in [2.05, 4.69) is 126 Å². The minimum Gasteiger partial charge on any atom is -0.307 e. The molecule has 0 saturated heterocycles. The van der Waals surface area contributed by atoms with Crippen LogP contribution in [0.1, 0.15) is 0 Å². The number of thiophene rings is 2. The van der Waals surface area contributed by atoms with Gasteiger partial charge in [0.1, 0.15) is 0 Å². The minimum absolute atomic E-state index is 0.658. The van der Waals surface area contributed by atoms with E-state index in [0.29, 0.717) is 17.5 Å². The predicted octanol–water partition coefficient (Wildman–Crippen LogP) is 12.7. The summed E-state index contributed by atoms with van der Waals surface area (Å²) in [5.41, 5.74) is 6.51. The van der Waals surface area contributed by atoms with Gasteiger partial charge in [0.15, 0.2) is 17.5 Å². The molecule has 0 unspecified atom stereocenters. The molecule has 51 heavy (non-hydrogen) atoms. The normalized spacial score (nSPS) is 11.9. The van der Waals surface area contributed by atoms with Crippen molar-refractivity contribution in [3.8, 4) is 39.9 Å². The van der Waals surface area contributed by atoms with Crippen LogP contribution >= 0.6 is 22.7 Å². The highest BCUT2D eigenvalue weighted by Crippen LogP contribution is 2.47. The lowest BCUT2D eigenvalue weighted by atomic mass is 10.0. The lowest BCUT2D eigenvalue weighted by molar-refractivity contribution is 1.08. The maximum Gasteiger partial charge on any atom is 0.164 e. The van der Waals surface area contributed by atoms with Crippen molar-refractivity contribution in [3.05, 3.63) is 158 Å². The Morgan fingerprint density at radius 3 is 1.67 bits per heavy atom. The van der Waals surface area contributed by atoms with Crippen molar-refractivity contribution >= 4 is 84.8 Å². The molecule has 4 aromatic heterocycles. The SMILES string of the molecule is c1ccc(-c2nc(-c3ccccc3)nc(-c3ccc(-n4c5ccccc5c5ccc6sc7ccccc7c6c54)c4sc5ccccc5c34)n2)cc1. The van der Waals surface area contributed by atoms with Gasteiger partial charge in [0, 0.05) is 63.1 Å². The van der Waals surface area contributed by atoms with E-state index >= 15 is 0 Å². The third-order valence-corrected chi connectivity index (χ3v) is 12.2. The van der Waals surface area contributed by atoms with Crippen LogP contribution in [-0.4, -0.2) is 19.5 Å². The molecular formula is C45H26N4S2. The van der Waals surface area contributed by atoms with E-state index in [1.165, 1.54) is 56.8 Å². The Kier molecular flexibility index (Phi) is 6.26. The molecule has 0 aliphatic heterocycles. The highest BCUT2D eigenvalue weighted by atomic mass is 32.1. The van der Waals surface area contributed by atoms with Gasteiger partial charge < -0.3 is 4.57 Å². The minimum atomic E-state index is 0.658. The summed E-state index contributed by atoms with van der Waals surface area (Å²) in [6.07, 6.45) is 0. The topological polar surface area (TPSA) is 43.6 Å². The molecule has 6 heteroatoms. The van der Waals surface area contributed by atoms with Crippen LogP contribution in [-0.2, 0) is 0 Å². The number of rotatable bonds is 4. The molecule has 4 nitrogen and oxygen atoms in total. The van der Waals surface area contributed by atoms with Crippen LogP contribution in [0.5, 0.6) is 0 Å². The van der Waals surface area contributed by atoms with Gasteiger partial charge in [-0.05, 0) is 36.4 Å². The number of hydrogen-bond acceptors (Lipinski definition) is 5. The number of hydrogen-bond donors (Lipinski definition) is 0. The molecule has 4 heterocycles. The molecule has 0 aliphatic rings. The zero-order valence-corrected chi connectivity index (χ0v) is 28.7. The molecule has 11 rings (SSSR count). The summed E-state index contributed by atoms with van der Waals surface area (Å²) in [6.45, 7) is 0. The third kappa shape index (κ3) is 4.34. The smallest absolute Gasteiger partial charge is 0.164 e. The van der Waals surface area contributed by atoms with E-state index < -0.39 is 0 Å². The predicted molar refractivity (Wildman–Crippen MR) is 216 cm³/mol. The number of nitrogens with zero attached hydrogens (tertiary/aromatic N) is 4. The summed E-state index contributed by atoms with van der Waals surface area (Å²) in [5.74, 6) is 1.98. The van der Waals surface area contributed by atoms with E-state index in [0.717, 1.165) is 27.8 Å². The maximum atomic E-state index is 5.17. The number of aromatic nitrogens is 4. The quantitative estimate of drug-likeness (QED) is 0.185. The lowest BCUT2D eigenvalue weighted by Gasteiger charge is -2.14. The molecule has 0 radical (unpaired) electrons. The van der Waals surface area contributed by atoms with Crippen molar-refractivity contribution in [1.29, 1.82) is 0 Å². The second-order valence-corrected chi connectivity index (χ2v) is 14.9. The average molecular weight is 687 g/mol. The van der Waals surface area contributed by atoms with Gasteiger partial charge in [0.25, 0.3) is 0 Å². The molecule has 11 aromatic rings. The second kappa shape index (κ2) is 11.2. The van der Waals surface area contributed by atoms with Crippen LogP contribution in [0, 0.1) is 0 Å². The molecule has 0 spiro atoms. The van der Waals surface area contributed by atoms with Crippen LogP contribution in [0.15, 0.2) is 158 Å². The Hall–Kier alpha value is -6.21. The first-order valence-electron chi connectivity index (χ1n) is 17.0. The standard InChI is InChI=1S/C45H26N4S2/c1-3-13-27(14-4-1)43-46-44(28-15-5-2-6-16-28)48-45(47-43)33-23-25-35(42-39(33)31-18-8-12-22-37(31)51-42)49-34-20-10-7-17-29(34)30-24-26-38-40(41(30)49)32-19-9-11-21-36(32)50-38/h1-26H. The van der Waals surface area contributed by atoms with Crippen LogP contribution in [0.2, 0.25) is 0 Å². The van der Waals surface area contributed by atoms with E-state index in [1.807, 2.05) is 59.1 Å². The van der Waals surface area contributed by atoms with Gasteiger partial charge in [-0.25, -0.2) is 15.0 Å². The van der Waals surface area contributed by atoms with Gasteiger partial charge >= 0.3 is 0 Å². The van der Waals surface area contributed by atoms with Gasteiger partial charge in [-0.1, -0.05) is 121 Å². The van der Waals surface area contributed by atoms with E-state index in [1.54, 1.807) is 0 Å². The van der Waals surface area contributed by atoms with Crippen molar-refractivity contribution in [3.63, 3.8) is 0 Å².